The molecule has 1 saturated carbocycles. The summed E-state index contributed by atoms with van der Waals surface area (Å²) in [5, 5.41) is 0. The Morgan fingerprint density at radius 2 is 2.10 bits per heavy atom. The van der Waals surface area contributed by atoms with Crippen LogP contribution >= 0.6 is 11.5 Å². The Labute approximate surface area is 125 Å². The van der Waals surface area contributed by atoms with Gasteiger partial charge in [-0.05, 0) is 36.5 Å². The monoisotopic (exact) mass is 303 g/mol. The Bertz CT molecular complexity index is 855. The number of methoxy groups -OCH3 is 1. The second-order valence-electron chi connectivity index (χ2n) is 5.58. The number of aromatic nitrogens is 3. The fourth-order valence-corrected chi connectivity index (χ4v) is 4.28. The van der Waals surface area contributed by atoms with Gasteiger partial charge in [-0.2, -0.15) is 0 Å². The van der Waals surface area contributed by atoms with Crippen LogP contribution in [0.25, 0.3) is 16.0 Å². The van der Waals surface area contributed by atoms with Gasteiger partial charge in [0.2, 0.25) is 4.96 Å². The number of hydrogen-bond acceptors (Lipinski definition) is 4. The van der Waals surface area contributed by atoms with E-state index in [1.54, 1.807) is 11.5 Å². The van der Waals surface area contributed by atoms with E-state index < -0.39 is 0 Å². The summed E-state index contributed by atoms with van der Waals surface area (Å²) in [6, 6.07) is 6.01. The summed E-state index contributed by atoms with van der Waals surface area (Å²) in [5.41, 5.74) is 1.73. The highest BCUT2D eigenvalue weighted by Gasteiger charge is 2.21. The molecule has 0 unspecified atom stereocenters. The summed E-state index contributed by atoms with van der Waals surface area (Å²) in [6.45, 7) is 0. The first-order valence-corrected chi connectivity index (χ1v) is 8.13. The minimum Gasteiger partial charge on any atom is -0.497 e. The van der Waals surface area contributed by atoms with E-state index in [0.29, 0.717) is 6.04 Å². The molecule has 21 heavy (non-hydrogen) atoms. The molecular formula is C15H17N3O2S. The third-order valence-electron chi connectivity index (χ3n) is 4.30. The van der Waals surface area contributed by atoms with Crippen LogP contribution in [0.1, 0.15) is 38.1 Å². The molecular weight excluding hydrogens is 286 g/mol. The molecule has 110 valence electrons. The molecule has 1 aliphatic carbocycles. The van der Waals surface area contributed by atoms with Gasteiger partial charge in [-0.3, -0.25) is 0 Å². The number of benzene rings is 1. The highest BCUT2D eigenvalue weighted by atomic mass is 32.1. The van der Waals surface area contributed by atoms with Gasteiger partial charge >= 0.3 is 5.69 Å². The van der Waals surface area contributed by atoms with Crippen LogP contribution in [0.4, 0.5) is 0 Å². The first kappa shape index (κ1) is 12.9. The first-order chi connectivity index (χ1) is 10.3. The first-order valence-electron chi connectivity index (χ1n) is 7.36. The zero-order chi connectivity index (χ0) is 14.4. The van der Waals surface area contributed by atoms with Crippen molar-refractivity contribution in [3.8, 4) is 5.75 Å². The molecule has 0 bridgehead atoms. The normalized spacial score (nSPS) is 16.8. The highest BCUT2D eigenvalue weighted by molar-refractivity contribution is 7.11. The van der Waals surface area contributed by atoms with E-state index in [1.807, 2.05) is 22.2 Å². The molecule has 1 fully saturated rings. The van der Waals surface area contributed by atoms with Gasteiger partial charge in [0.1, 0.15) is 5.75 Å². The van der Waals surface area contributed by atoms with Crippen molar-refractivity contribution >= 4 is 27.5 Å². The Kier molecular flexibility index (Phi) is 2.99. The number of ether oxygens (including phenoxy) is 1. The van der Waals surface area contributed by atoms with Crippen molar-refractivity contribution in [3.05, 3.63) is 28.7 Å². The van der Waals surface area contributed by atoms with Gasteiger partial charge in [-0.25, -0.2) is 18.1 Å². The molecule has 2 heterocycles. The number of fused-ring (bicyclic) bond motifs is 3. The molecule has 0 atom stereocenters. The number of nitrogens with zero attached hydrogens (tertiary/aromatic N) is 3. The van der Waals surface area contributed by atoms with Crippen LogP contribution in [0, 0.1) is 0 Å². The lowest BCUT2D eigenvalue weighted by molar-refractivity contribution is 0.362. The lowest BCUT2D eigenvalue weighted by Gasteiger charge is -2.20. The summed E-state index contributed by atoms with van der Waals surface area (Å²) in [4.78, 5) is 18.1. The van der Waals surface area contributed by atoms with Crippen molar-refractivity contribution in [1.29, 1.82) is 0 Å². The van der Waals surface area contributed by atoms with Gasteiger partial charge in [0, 0.05) is 12.1 Å². The fourth-order valence-electron chi connectivity index (χ4n) is 3.18. The summed E-state index contributed by atoms with van der Waals surface area (Å²) in [6.07, 6.45) is 5.94. The van der Waals surface area contributed by atoms with Crippen molar-refractivity contribution in [3.63, 3.8) is 0 Å². The Balaban J connectivity index is 1.89. The van der Waals surface area contributed by atoms with Crippen LogP contribution in [-0.4, -0.2) is 20.5 Å². The smallest absolute Gasteiger partial charge is 0.344 e. The van der Waals surface area contributed by atoms with Crippen LogP contribution in [-0.2, 0) is 0 Å². The van der Waals surface area contributed by atoms with Gasteiger partial charge in [0.05, 0.1) is 18.1 Å². The quantitative estimate of drug-likeness (QED) is 0.730. The van der Waals surface area contributed by atoms with Crippen molar-refractivity contribution in [2.45, 2.75) is 38.1 Å². The SMILES string of the molecule is COc1ccc2c(c1)nc1sn(C3CCCCC3)c(=O)n12. The van der Waals surface area contributed by atoms with E-state index in [2.05, 4.69) is 4.98 Å². The van der Waals surface area contributed by atoms with Gasteiger partial charge in [-0.15, -0.1) is 0 Å². The lowest BCUT2D eigenvalue weighted by Crippen LogP contribution is -2.24. The predicted molar refractivity (Wildman–Crippen MR) is 83.5 cm³/mol. The van der Waals surface area contributed by atoms with E-state index in [4.69, 9.17) is 4.74 Å². The molecule has 2 aromatic heterocycles. The highest BCUT2D eigenvalue weighted by Crippen LogP contribution is 2.30. The standard InChI is InChI=1S/C15H17N3O2S/c1-20-11-7-8-13-12(9-11)16-14-17(13)15(19)18(21-14)10-5-3-2-4-6-10/h7-10H,2-6H2,1H3. The minimum atomic E-state index is 0.0505. The maximum absolute atomic E-state index is 12.7. The van der Waals surface area contributed by atoms with E-state index in [9.17, 15) is 4.79 Å². The molecule has 0 radical (unpaired) electrons. The number of hydrogen-bond donors (Lipinski definition) is 0. The molecule has 0 aliphatic heterocycles. The fraction of sp³-hybridized carbons (Fsp3) is 0.467. The Morgan fingerprint density at radius 3 is 2.86 bits per heavy atom. The molecule has 1 aromatic carbocycles. The van der Waals surface area contributed by atoms with Crippen LogP contribution in [0.3, 0.4) is 0 Å². The van der Waals surface area contributed by atoms with E-state index in [1.165, 1.54) is 30.8 Å². The second kappa shape index (κ2) is 4.87. The van der Waals surface area contributed by atoms with Gasteiger partial charge < -0.3 is 4.74 Å². The maximum Gasteiger partial charge on any atom is 0.344 e. The van der Waals surface area contributed by atoms with Crippen LogP contribution in [0.2, 0.25) is 0 Å². The van der Waals surface area contributed by atoms with Gasteiger partial charge in [0.25, 0.3) is 0 Å². The molecule has 0 saturated heterocycles. The second-order valence-corrected chi connectivity index (χ2v) is 6.52. The number of imidazole rings is 1. The zero-order valence-corrected chi connectivity index (χ0v) is 12.7. The van der Waals surface area contributed by atoms with Crippen molar-refractivity contribution in [2.75, 3.05) is 7.11 Å². The molecule has 1 aliphatic rings. The van der Waals surface area contributed by atoms with E-state index in [-0.39, 0.29) is 5.69 Å². The number of rotatable bonds is 2. The minimum absolute atomic E-state index is 0.0505. The van der Waals surface area contributed by atoms with Gasteiger partial charge in [-0.1, -0.05) is 19.3 Å². The van der Waals surface area contributed by atoms with E-state index in [0.717, 1.165) is 34.6 Å². The molecule has 0 amide bonds. The lowest BCUT2D eigenvalue weighted by atomic mass is 9.96. The summed E-state index contributed by atoms with van der Waals surface area (Å²) < 4.78 is 8.87. The average Bonchev–Trinajstić information content (AvgIpc) is 3.04. The molecule has 3 aromatic rings. The molecule has 6 heteroatoms. The molecule has 4 rings (SSSR count). The Morgan fingerprint density at radius 1 is 1.29 bits per heavy atom. The van der Waals surface area contributed by atoms with Crippen LogP contribution < -0.4 is 10.4 Å². The average molecular weight is 303 g/mol. The molecule has 5 nitrogen and oxygen atoms in total. The van der Waals surface area contributed by atoms with E-state index >= 15 is 0 Å². The third kappa shape index (κ3) is 1.97. The zero-order valence-electron chi connectivity index (χ0n) is 11.9. The summed E-state index contributed by atoms with van der Waals surface area (Å²) >= 11 is 1.48. The van der Waals surface area contributed by atoms with Crippen LogP contribution in [0.15, 0.2) is 23.0 Å². The maximum atomic E-state index is 12.7. The third-order valence-corrected chi connectivity index (χ3v) is 5.39. The molecule has 0 N–H and O–H groups in total. The van der Waals surface area contributed by atoms with Crippen molar-refractivity contribution in [1.82, 2.24) is 13.3 Å². The summed E-state index contributed by atoms with van der Waals surface area (Å²) in [7, 11) is 1.63. The Hall–Kier alpha value is -1.82. The predicted octanol–water partition coefficient (Wildman–Crippen LogP) is 3.22. The largest absolute Gasteiger partial charge is 0.497 e. The topological polar surface area (TPSA) is 48.5 Å². The molecule has 0 spiro atoms. The van der Waals surface area contributed by atoms with Crippen LogP contribution in [0.5, 0.6) is 5.75 Å². The summed E-state index contributed by atoms with van der Waals surface area (Å²) in [5.74, 6) is 0.765. The van der Waals surface area contributed by atoms with Gasteiger partial charge in [0.15, 0.2) is 0 Å². The van der Waals surface area contributed by atoms with Crippen molar-refractivity contribution < 1.29 is 4.74 Å². The van der Waals surface area contributed by atoms with Crippen molar-refractivity contribution in [2.24, 2.45) is 0 Å².